The third-order valence-electron chi connectivity index (χ3n) is 4.20. The van der Waals surface area contributed by atoms with E-state index in [-0.39, 0.29) is 5.41 Å². The predicted molar refractivity (Wildman–Crippen MR) is 85.9 cm³/mol. The van der Waals surface area contributed by atoms with Crippen LogP contribution in [0.4, 0.5) is 5.95 Å². The summed E-state index contributed by atoms with van der Waals surface area (Å²) in [6, 6.07) is 3.82. The predicted octanol–water partition coefficient (Wildman–Crippen LogP) is 2.19. The van der Waals surface area contributed by atoms with E-state index in [2.05, 4.69) is 47.9 Å². The van der Waals surface area contributed by atoms with Crippen LogP contribution in [0.3, 0.4) is 0 Å². The molecule has 1 aliphatic heterocycles. The molecule has 2 aromatic rings. The maximum Gasteiger partial charge on any atom is 0.245 e. The van der Waals surface area contributed by atoms with Crippen LogP contribution in [0.1, 0.15) is 19.8 Å². The lowest BCUT2D eigenvalue weighted by Crippen LogP contribution is -2.42. The summed E-state index contributed by atoms with van der Waals surface area (Å²) in [5, 5.41) is 7.30. The first-order chi connectivity index (χ1) is 10.1. The van der Waals surface area contributed by atoms with Gasteiger partial charge in [0.05, 0.1) is 0 Å². The summed E-state index contributed by atoms with van der Waals surface area (Å²) < 4.78 is 0.905. The zero-order chi connectivity index (χ0) is 14.9. The standard InChI is InChI=1S/C14H19BrN6/c1-14(9-16)4-7-21(8-5-14)13-18-12(19-20-13)11-10(15)3-2-6-17-11/h2-3,6H,4-5,7-9,16H2,1H3,(H,18,19,20). The van der Waals surface area contributed by atoms with Gasteiger partial charge in [0.2, 0.25) is 5.95 Å². The highest BCUT2D eigenvalue weighted by molar-refractivity contribution is 9.10. The molecule has 1 fully saturated rings. The number of H-pyrrole nitrogens is 1. The summed E-state index contributed by atoms with van der Waals surface area (Å²) in [4.78, 5) is 11.1. The van der Waals surface area contributed by atoms with Gasteiger partial charge in [-0.2, -0.15) is 4.98 Å². The molecule has 2 aromatic heterocycles. The number of rotatable bonds is 3. The number of piperidine rings is 1. The zero-order valence-corrected chi connectivity index (χ0v) is 13.6. The van der Waals surface area contributed by atoms with Crippen molar-refractivity contribution in [2.75, 3.05) is 24.5 Å². The van der Waals surface area contributed by atoms with E-state index in [1.807, 2.05) is 12.1 Å². The van der Waals surface area contributed by atoms with Gasteiger partial charge in [-0.3, -0.25) is 10.1 Å². The molecule has 0 atom stereocenters. The summed E-state index contributed by atoms with van der Waals surface area (Å²) in [6.07, 6.45) is 3.89. The smallest absolute Gasteiger partial charge is 0.245 e. The monoisotopic (exact) mass is 350 g/mol. The largest absolute Gasteiger partial charge is 0.339 e. The SMILES string of the molecule is CC1(CN)CCN(c2n[nH]c(-c3ncccc3Br)n2)CC1. The van der Waals surface area contributed by atoms with Gasteiger partial charge in [0.1, 0.15) is 5.69 Å². The Kier molecular flexibility index (Phi) is 3.95. The minimum Gasteiger partial charge on any atom is -0.339 e. The molecule has 3 heterocycles. The number of hydrogen-bond donors (Lipinski definition) is 2. The van der Waals surface area contributed by atoms with Gasteiger partial charge >= 0.3 is 0 Å². The van der Waals surface area contributed by atoms with Crippen LogP contribution < -0.4 is 10.6 Å². The first-order valence-corrected chi connectivity index (χ1v) is 7.89. The summed E-state index contributed by atoms with van der Waals surface area (Å²) in [6.45, 7) is 4.86. The number of nitrogens with one attached hydrogen (secondary N) is 1. The van der Waals surface area contributed by atoms with Gasteiger partial charge in [-0.25, -0.2) is 0 Å². The number of anilines is 1. The molecule has 3 rings (SSSR count). The number of hydrogen-bond acceptors (Lipinski definition) is 5. The van der Waals surface area contributed by atoms with E-state index in [0.29, 0.717) is 5.82 Å². The van der Waals surface area contributed by atoms with E-state index in [9.17, 15) is 0 Å². The van der Waals surface area contributed by atoms with Crippen LogP contribution in [0.5, 0.6) is 0 Å². The molecule has 0 spiro atoms. The molecule has 3 N–H and O–H groups in total. The fraction of sp³-hybridized carbons (Fsp3) is 0.500. The first kappa shape index (κ1) is 14.5. The fourth-order valence-electron chi connectivity index (χ4n) is 2.51. The summed E-state index contributed by atoms with van der Waals surface area (Å²) in [5.74, 6) is 1.42. The van der Waals surface area contributed by atoms with Crippen molar-refractivity contribution in [3.63, 3.8) is 0 Å². The van der Waals surface area contributed by atoms with Crippen molar-refractivity contribution in [2.45, 2.75) is 19.8 Å². The number of aromatic amines is 1. The molecule has 0 radical (unpaired) electrons. The van der Waals surface area contributed by atoms with Crippen LogP contribution >= 0.6 is 15.9 Å². The van der Waals surface area contributed by atoms with E-state index >= 15 is 0 Å². The zero-order valence-electron chi connectivity index (χ0n) is 12.0. The molecule has 0 aromatic carbocycles. The molecule has 1 saturated heterocycles. The number of nitrogens with zero attached hydrogens (tertiary/aromatic N) is 4. The van der Waals surface area contributed by atoms with Crippen molar-refractivity contribution < 1.29 is 0 Å². The molecule has 0 saturated carbocycles. The summed E-state index contributed by atoms with van der Waals surface area (Å²) >= 11 is 3.48. The number of nitrogens with two attached hydrogens (primary N) is 1. The minimum absolute atomic E-state index is 0.250. The van der Waals surface area contributed by atoms with Crippen LogP contribution in [-0.4, -0.2) is 39.8 Å². The topological polar surface area (TPSA) is 83.7 Å². The maximum atomic E-state index is 5.85. The van der Waals surface area contributed by atoms with Crippen molar-refractivity contribution in [1.29, 1.82) is 0 Å². The second-order valence-corrected chi connectivity index (χ2v) is 6.67. The van der Waals surface area contributed by atoms with Crippen LogP contribution in [0.2, 0.25) is 0 Å². The highest BCUT2D eigenvalue weighted by atomic mass is 79.9. The summed E-state index contributed by atoms with van der Waals surface area (Å²) in [7, 11) is 0. The Hall–Kier alpha value is -1.47. The second kappa shape index (κ2) is 5.73. The van der Waals surface area contributed by atoms with Gasteiger partial charge < -0.3 is 10.6 Å². The molecule has 112 valence electrons. The second-order valence-electron chi connectivity index (χ2n) is 5.82. The van der Waals surface area contributed by atoms with Gasteiger partial charge in [0, 0.05) is 23.8 Å². The van der Waals surface area contributed by atoms with Crippen molar-refractivity contribution in [2.24, 2.45) is 11.1 Å². The van der Waals surface area contributed by atoms with E-state index in [1.54, 1.807) is 6.20 Å². The lowest BCUT2D eigenvalue weighted by molar-refractivity contribution is 0.257. The molecule has 0 aliphatic carbocycles. The van der Waals surface area contributed by atoms with Gasteiger partial charge in [-0.05, 0) is 52.9 Å². The molecule has 1 aliphatic rings. The maximum absolute atomic E-state index is 5.85. The molecule has 6 nitrogen and oxygen atoms in total. The highest BCUT2D eigenvalue weighted by Gasteiger charge is 2.30. The first-order valence-electron chi connectivity index (χ1n) is 7.10. The molecule has 0 bridgehead atoms. The normalized spacial score (nSPS) is 18.0. The van der Waals surface area contributed by atoms with Gasteiger partial charge in [0.25, 0.3) is 0 Å². The van der Waals surface area contributed by atoms with Crippen molar-refractivity contribution in [1.82, 2.24) is 20.2 Å². The lowest BCUT2D eigenvalue weighted by Gasteiger charge is -2.38. The van der Waals surface area contributed by atoms with E-state index in [1.165, 1.54) is 0 Å². The highest BCUT2D eigenvalue weighted by Crippen LogP contribution is 2.31. The van der Waals surface area contributed by atoms with E-state index in [4.69, 9.17) is 5.73 Å². The number of aromatic nitrogens is 4. The van der Waals surface area contributed by atoms with Crippen LogP contribution in [0.15, 0.2) is 22.8 Å². The van der Waals surface area contributed by atoms with Gasteiger partial charge in [0.15, 0.2) is 5.82 Å². The van der Waals surface area contributed by atoms with Gasteiger partial charge in [-0.15, -0.1) is 5.10 Å². The van der Waals surface area contributed by atoms with Crippen molar-refractivity contribution in [3.8, 4) is 11.5 Å². The molecule has 0 amide bonds. The Labute approximate surface area is 132 Å². The Bertz CT molecular complexity index is 617. The van der Waals surface area contributed by atoms with Crippen LogP contribution in [0, 0.1) is 5.41 Å². The fourth-order valence-corrected chi connectivity index (χ4v) is 2.95. The lowest BCUT2D eigenvalue weighted by atomic mass is 9.81. The molecule has 21 heavy (non-hydrogen) atoms. The molecule has 0 unspecified atom stereocenters. The average molecular weight is 351 g/mol. The third-order valence-corrected chi connectivity index (χ3v) is 4.84. The Morgan fingerprint density at radius 1 is 1.43 bits per heavy atom. The average Bonchev–Trinajstić information content (AvgIpc) is 2.98. The number of pyridine rings is 1. The van der Waals surface area contributed by atoms with Crippen LogP contribution in [-0.2, 0) is 0 Å². The Morgan fingerprint density at radius 3 is 2.86 bits per heavy atom. The van der Waals surface area contributed by atoms with Gasteiger partial charge in [-0.1, -0.05) is 6.92 Å². The third kappa shape index (κ3) is 2.94. The van der Waals surface area contributed by atoms with Crippen molar-refractivity contribution in [3.05, 3.63) is 22.8 Å². The van der Waals surface area contributed by atoms with E-state index in [0.717, 1.165) is 48.6 Å². The Morgan fingerprint density at radius 2 is 2.19 bits per heavy atom. The van der Waals surface area contributed by atoms with Crippen LogP contribution in [0.25, 0.3) is 11.5 Å². The quantitative estimate of drug-likeness (QED) is 0.886. The number of halogens is 1. The minimum atomic E-state index is 0.250. The molecule has 7 heteroatoms. The van der Waals surface area contributed by atoms with Crippen molar-refractivity contribution >= 4 is 21.9 Å². The molecular formula is C14H19BrN6. The Balaban J connectivity index is 1.76. The summed E-state index contributed by atoms with van der Waals surface area (Å²) in [5.41, 5.74) is 6.88. The molecular weight excluding hydrogens is 332 g/mol. The van der Waals surface area contributed by atoms with E-state index < -0.39 is 0 Å².